The van der Waals surface area contributed by atoms with Crippen molar-refractivity contribution in [2.75, 3.05) is 18.5 Å². The second-order valence-corrected chi connectivity index (χ2v) is 6.38. The lowest BCUT2D eigenvalue weighted by Crippen LogP contribution is -2.17. The van der Waals surface area contributed by atoms with Crippen LogP contribution in [0.1, 0.15) is 39.9 Å². The number of aryl methyl sites for hydroxylation is 3. The Balaban J connectivity index is 0.00000261. The quantitative estimate of drug-likeness (QED) is 0.389. The van der Waals surface area contributed by atoms with E-state index < -0.39 is 0 Å². The maximum absolute atomic E-state index is 12.9. The van der Waals surface area contributed by atoms with E-state index in [4.69, 9.17) is 4.74 Å². The zero-order valence-corrected chi connectivity index (χ0v) is 18.4. The number of halogens is 1. The molecule has 0 radical (unpaired) electrons. The Hall–Kier alpha value is -2.00. The van der Waals surface area contributed by atoms with Crippen LogP contribution in [0.15, 0.2) is 24.4 Å². The fourth-order valence-electron chi connectivity index (χ4n) is 3.02. The van der Waals surface area contributed by atoms with E-state index in [-0.39, 0.29) is 36.3 Å². The molecule has 6 nitrogen and oxygen atoms in total. The van der Waals surface area contributed by atoms with Gasteiger partial charge in [-0.25, -0.2) is 9.97 Å². The normalized spacial score (nSPS) is 10.7. The van der Waals surface area contributed by atoms with Crippen LogP contribution in [0.3, 0.4) is 0 Å². The molecule has 2 heterocycles. The molecule has 0 aliphatic rings. The van der Waals surface area contributed by atoms with Gasteiger partial charge in [-0.3, -0.25) is 4.79 Å². The lowest BCUT2D eigenvalue weighted by Gasteiger charge is -2.11. The van der Waals surface area contributed by atoms with Crippen LogP contribution < -0.4 is 5.32 Å². The number of nitrogens with zero attached hydrogens (tertiary/aromatic N) is 2. The van der Waals surface area contributed by atoms with E-state index in [1.807, 2.05) is 39.8 Å². The minimum absolute atomic E-state index is 0. The summed E-state index contributed by atoms with van der Waals surface area (Å²) >= 11 is 0. The molecule has 0 bridgehead atoms. The number of ketones is 1. The van der Waals surface area contributed by atoms with Gasteiger partial charge < -0.3 is 15.0 Å². The first-order valence-corrected chi connectivity index (χ1v) is 8.75. The van der Waals surface area contributed by atoms with E-state index in [1.165, 1.54) is 0 Å². The first-order valence-electron chi connectivity index (χ1n) is 8.75. The maximum Gasteiger partial charge on any atom is 0.184 e. The van der Waals surface area contributed by atoms with Crippen molar-refractivity contribution in [3.63, 3.8) is 0 Å². The van der Waals surface area contributed by atoms with Crippen molar-refractivity contribution in [1.29, 1.82) is 0 Å². The van der Waals surface area contributed by atoms with Gasteiger partial charge in [-0.15, -0.1) is 24.0 Å². The fourth-order valence-corrected chi connectivity index (χ4v) is 3.02. The highest BCUT2D eigenvalue weighted by Crippen LogP contribution is 2.24. The Kier molecular flexibility index (Phi) is 7.32. The molecule has 0 saturated carbocycles. The number of carbonyl (C=O) groups is 1. The number of aromatic amines is 1. The molecule has 144 valence electrons. The van der Waals surface area contributed by atoms with Crippen LogP contribution in [0.5, 0.6) is 0 Å². The van der Waals surface area contributed by atoms with Crippen molar-refractivity contribution < 1.29 is 9.53 Å². The van der Waals surface area contributed by atoms with E-state index in [9.17, 15) is 4.79 Å². The summed E-state index contributed by atoms with van der Waals surface area (Å²) in [5.41, 5.74) is 4.60. The van der Waals surface area contributed by atoms with Crippen molar-refractivity contribution in [3.8, 4) is 0 Å². The lowest BCUT2D eigenvalue weighted by atomic mass is 10.1. The molecule has 2 aromatic heterocycles. The molecule has 2 N–H and O–H groups in total. The van der Waals surface area contributed by atoms with Gasteiger partial charge in [0.15, 0.2) is 5.78 Å². The summed E-state index contributed by atoms with van der Waals surface area (Å²) in [5.74, 6) is 1.32. The molecule has 0 aliphatic carbocycles. The predicted molar refractivity (Wildman–Crippen MR) is 118 cm³/mol. The molecule has 1 aromatic carbocycles. The van der Waals surface area contributed by atoms with Gasteiger partial charge in [0.05, 0.1) is 13.2 Å². The van der Waals surface area contributed by atoms with Crippen molar-refractivity contribution in [2.24, 2.45) is 0 Å². The highest BCUT2D eigenvalue weighted by Gasteiger charge is 2.17. The molecule has 3 rings (SSSR count). The van der Waals surface area contributed by atoms with Crippen LogP contribution >= 0.6 is 24.0 Å². The third kappa shape index (κ3) is 4.84. The smallest absolute Gasteiger partial charge is 0.184 e. The van der Waals surface area contributed by atoms with E-state index >= 15 is 0 Å². The summed E-state index contributed by atoms with van der Waals surface area (Å²) in [6, 6.07) is 6.07. The van der Waals surface area contributed by atoms with Crippen LogP contribution in [-0.2, 0) is 11.3 Å². The van der Waals surface area contributed by atoms with E-state index in [0.717, 1.165) is 33.3 Å². The number of rotatable bonds is 7. The van der Waals surface area contributed by atoms with Crippen LogP contribution in [-0.4, -0.2) is 33.9 Å². The number of hydrogen-bond acceptors (Lipinski definition) is 5. The third-order valence-corrected chi connectivity index (χ3v) is 4.28. The molecule has 0 amide bonds. The first kappa shape index (κ1) is 21.3. The highest BCUT2D eigenvalue weighted by molar-refractivity contribution is 14.0. The highest BCUT2D eigenvalue weighted by atomic mass is 127. The number of H-pyrrole nitrogens is 1. The summed E-state index contributed by atoms with van der Waals surface area (Å²) in [7, 11) is 0. The Bertz CT molecular complexity index is 953. The molecule has 0 atom stereocenters. The first-order chi connectivity index (χ1) is 12.5. The summed E-state index contributed by atoms with van der Waals surface area (Å²) < 4.78 is 5.46. The standard InChI is InChI=1S/C20H24N4O2.HI/c1-5-26-11-15-9-21-14(4)24-20(15)22-10-18(25)19-13(3)23-17-8-12(2)6-7-16(17)19;/h6-9,23H,5,10-11H2,1-4H3,(H,21,22,24);1H. The number of anilines is 1. The summed E-state index contributed by atoms with van der Waals surface area (Å²) in [5, 5.41) is 4.11. The number of fused-ring (bicyclic) bond motifs is 1. The van der Waals surface area contributed by atoms with E-state index in [0.29, 0.717) is 24.9 Å². The molecule has 3 aromatic rings. The summed E-state index contributed by atoms with van der Waals surface area (Å²) in [4.78, 5) is 24.8. The van der Waals surface area contributed by atoms with Gasteiger partial charge in [0.2, 0.25) is 0 Å². The van der Waals surface area contributed by atoms with Crippen molar-refractivity contribution in [3.05, 3.63) is 52.6 Å². The van der Waals surface area contributed by atoms with Gasteiger partial charge >= 0.3 is 0 Å². The number of aromatic nitrogens is 3. The van der Waals surface area contributed by atoms with Crippen LogP contribution in [0.2, 0.25) is 0 Å². The average Bonchev–Trinajstić information content (AvgIpc) is 2.93. The fraction of sp³-hybridized carbons (Fsp3) is 0.350. The number of nitrogens with one attached hydrogen (secondary N) is 2. The molecule has 0 fully saturated rings. The minimum atomic E-state index is 0. The molecule has 0 aliphatic heterocycles. The van der Waals surface area contributed by atoms with Gasteiger partial charge in [-0.1, -0.05) is 12.1 Å². The Labute approximate surface area is 176 Å². The molecular formula is C20H25IN4O2. The van der Waals surface area contributed by atoms with Crippen LogP contribution in [0.25, 0.3) is 10.9 Å². The zero-order valence-electron chi connectivity index (χ0n) is 16.0. The minimum Gasteiger partial charge on any atom is -0.377 e. The number of Topliss-reactive ketones (excluding diaryl/α,β-unsaturated/α-hetero) is 1. The zero-order chi connectivity index (χ0) is 18.7. The topological polar surface area (TPSA) is 79.9 Å². The van der Waals surface area contributed by atoms with E-state index in [1.54, 1.807) is 6.20 Å². The maximum atomic E-state index is 12.9. The second kappa shape index (κ2) is 9.27. The van der Waals surface area contributed by atoms with Gasteiger partial charge in [0.1, 0.15) is 11.6 Å². The number of ether oxygens (including phenoxy) is 1. The number of hydrogen-bond donors (Lipinski definition) is 2. The second-order valence-electron chi connectivity index (χ2n) is 6.38. The van der Waals surface area contributed by atoms with Gasteiger partial charge in [0, 0.05) is 40.5 Å². The predicted octanol–water partition coefficient (Wildman–Crippen LogP) is 4.33. The summed E-state index contributed by atoms with van der Waals surface area (Å²) in [6.45, 7) is 8.92. The molecular weight excluding hydrogens is 455 g/mol. The van der Waals surface area contributed by atoms with Crippen molar-refractivity contribution in [1.82, 2.24) is 15.0 Å². The monoisotopic (exact) mass is 480 g/mol. The molecule has 27 heavy (non-hydrogen) atoms. The molecule has 0 spiro atoms. The molecule has 0 unspecified atom stereocenters. The number of benzene rings is 1. The molecule has 0 saturated heterocycles. The Morgan fingerprint density at radius 2 is 2.04 bits per heavy atom. The Morgan fingerprint density at radius 1 is 1.26 bits per heavy atom. The Morgan fingerprint density at radius 3 is 2.78 bits per heavy atom. The lowest BCUT2D eigenvalue weighted by molar-refractivity contribution is 0.101. The third-order valence-electron chi connectivity index (χ3n) is 4.28. The van der Waals surface area contributed by atoms with Crippen molar-refractivity contribution >= 4 is 46.5 Å². The van der Waals surface area contributed by atoms with E-state index in [2.05, 4.69) is 26.3 Å². The summed E-state index contributed by atoms with van der Waals surface area (Å²) in [6.07, 6.45) is 1.74. The van der Waals surface area contributed by atoms with Gasteiger partial charge in [0.25, 0.3) is 0 Å². The van der Waals surface area contributed by atoms with Gasteiger partial charge in [-0.05, 0) is 39.3 Å². The van der Waals surface area contributed by atoms with Crippen LogP contribution in [0.4, 0.5) is 5.82 Å². The van der Waals surface area contributed by atoms with Gasteiger partial charge in [-0.2, -0.15) is 0 Å². The van der Waals surface area contributed by atoms with Crippen molar-refractivity contribution in [2.45, 2.75) is 34.3 Å². The number of carbonyl (C=O) groups excluding carboxylic acids is 1. The SMILES string of the molecule is CCOCc1cnc(C)nc1NCC(=O)c1c(C)[nH]c2cc(C)ccc12.I. The largest absolute Gasteiger partial charge is 0.377 e. The average molecular weight is 480 g/mol. The van der Waals surface area contributed by atoms with Crippen LogP contribution in [0, 0.1) is 20.8 Å². The molecule has 7 heteroatoms.